The van der Waals surface area contributed by atoms with Crippen LogP contribution in [0, 0.1) is 23.5 Å². The zero-order valence-corrected chi connectivity index (χ0v) is 36.6. The van der Waals surface area contributed by atoms with Crippen molar-refractivity contribution >= 4 is 51.7 Å². The molecular formula is C42H65F2O10Si2-. The van der Waals surface area contributed by atoms with E-state index in [0.29, 0.717) is 6.61 Å². The van der Waals surface area contributed by atoms with Crippen molar-refractivity contribution in [1.82, 2.24) is 0 Å². The molecule has 2 rings (SSSR count). The summed E-state index contributed by atoms with van der Waals surface area (Å²) in [6, 6.07) is 12.0. The zero-order chi connectivity index (χ0) is 42.4. The molecule has 0 heterocycles. The number of hydrogen-bond donors (Lipinski definition) is 1. The highest BCUT2D eigenvalue weighted by Crippen LogP contribution is 2.38. The minimum atomic E-state index is -2.04. The first kappa shape index (κ1) is 52.0. The summed E-state index contributed by atoms with van der Waals surface area (Å²) < 4.78 is 53.1. The van der Waals surface area contributed by atoms with Crippen molar-refractivity contribution in [2.45, 2.75) is 98.1 Å². The number of carbonyl (C=O) groups is 4. The Morgan fingerprint density at radius 2 is 0.911 bits per heavy atom. The molecule has 1 N–H and O–H groups in total. The molecule has 2 aromatic rings. The smallest absolute Gasteiger partial charge is 0.320 e. The first-order chi connectivity index (χ1) is 25.3. The van der Waals surface area contributed by atoms with Crippen molar-refractivity contribution < 1.29 is 57.6 Å². The Morgan fingerprint density at radius 3 is 1.18 bits per heavy atom. The van der Waals surface area contributed by atoms with Crippen molar-refractivity contribution in [3.8, 4) is 0 Å². The van der Waals surface area contributed by atoms with Crippen LogP contribution in [0.15, 0.2) is 60.7 Å². The molecule has 0 aromatic heterocycles. The number of ether oxygens (including phenoxy) is 3. The fourth-order valence-electron chi connectivity index (χ4n) is 4.33. The van der Waals surface area contributed by atoms with Crippen LogP contribution in [-0.2, 0) is 42.2 Å². The van der Waals surface area contributed by atoms with Gasteiger partial charge in [-0.15, -0.1) is 0 Å². The number of methoxy groups -OCH3 is 3. The first-order valence-corrected chi connectivity index (χ1v) is 23.8. The van der Waals surface area contributed by atoms with Crippen molar-refractivity contribution in [3.63, 3.8) is 0 Å². The van der Waals surface area contributed by atoms with Gasteiger partial charge in [0.1, 0.15) is 11.6 Å². The van der Waals surface area contributed by atoms with Gasteiger partial charge in [0.25, 0.3) is 0 Å². The standard InChI is InChI=1S/C21H31FO5Si.C20H29FO5Si.CH4.H/c1-21(2,3)28(6,7)27-14-16(15-8-11-17(22)12-9-15)10-13-18(19(23)25-4)20(24)26-5;1-20(2,3)27(5,6)26-13-15(14-7-10-16(21)11-8-14)9-12-17(18(22)23)19(24)25-4;;/h8-12,18H,13-14H2,1-7H3;7-11,17H,12-13H2,1-6H3,(H,22,23);1H4;/q;;;-1/b16-10-;15-9-;;. The Labute approximate surface area is 336 Å². The molecule has 1 atom stereocenters. The van der Waals surface area contributed by atoms with Gasteiger partial charge in [-0.2, -0.15) is 0 Å². The van der Waals surface area contributed by atoms with E-state index in [1.165, 1.54) is 38.5 Å². The largest absolute Gasteiger partial charge is 1.00 e. The predicted octanol–water partition coefficient (Wildman–Crippen LogP) is 9.83. The summed E-state index contributed by atoms with van der Waals surface area (Å²) in [5, 5.41) is 9.30. The lowest BCUT2D eigenvalue weighted by Gasteiger charge is -2.36. The molecule has 14 heteroatoms. The summed E-state index contributed by atoms with van der Waals surface area (Å²) in [5.74, 6) is -6.42. The Bertz CT molecular complexity index is 1630. The number of esters is 3. The number of hydrogen-bond acceptors (Lipinski definition) is 9. The minimum absolute atomic E-state index is 0. The maximum atomic E-state index is 13.3. The van der Waals surface area contributed by atoms with Gasteiger partial charge in [0.05, 0.1) is 34.5 Å². The molecule has 56 heavy (non-hydrogen) atoms. The number of carboxylic acids is 1. The van der Waals surface area contributed by atoms with Gasteiger partial charge in [-0.3, -0.25) is 19.2 Å². The molecular weight excluding hydrogens is 759 g/mol. The van der Waals surface area contributed by atoms with Crippen LogP contribution in [-0.4, -0.2) is 80.2 Å². The Morgan fingerprint density at radius 1 is 0.625 bits per heavy atom. The number of carboxylic acid groups (broad SMARTS) is 1. The minimum Gasteiger partial charge on any atom is -1.00 e. The van der Waals surface area contributed by atoms with Crippen LogP contribution >= 0.6 is 0 Å². The fraction of sp³-hybridized carbons (Fsp3) is 0.524. The molecule has 0 aliphatic carbocycles. The fourth-order valence-corrected chi connectivity index (χ4v) is 6.23. The normalized spacial score (nSPS) is 13.1. The summed E-state index contributed by atoms with van der Waals surface area (Å²) in [6.07, 6.45) is 3.50. The summed E-state index contributed by atoms with van der Waals surface area (Å²) >= 11 is 0. The molecule has 0 bridgehead atoms. The number of rotatable bonds is 16. The van der Waals surface area contributed by atoms with Crippen molar-refractivity contribution in [2.75, 3.05) is 34.5 Å². The molecule has 0 spiro atoms. The van der Waals surface area contributed by atoms with Crippen LogP contribution in [0.2, 0.25) is 36.3 Å². The van der Waals surface area contributed by atoms with E-state index in [2.05, 4.69) is 72.5 Å². The summed E-state index contributed by atoms with van der Waals surface area (Å²) in [6.45, 7) is 21.9. The second-order valence-corrected chi connectivity index (χ2v) is 25.7. The van der Waals surface area contributed by atoms with Gasteiger partial charge in [0.15, 0.2) is 28.5 Å². The molecule has 0 aliphatic rings. The van der Waals surface area contributed by atoms with E-state index in [-0.39, 0.29) is 50.0 Å². The molecule has 316 valence electrons. The van der Waals surface area contributed by atoms with Gasteiger partial charge in [0.2, 0.25) is 0 Å². The number of aliphatic carboxylic acids is 1. The highest BCUT2D eigenvalue weighted by atomic mass is 28.4. The highest BCUT2D eigenvalue weighted by molar-refractivity contribution is 6.74. The SMILES string of the molecule is C.COC(=O)C(C/C=C(/CO[Si](C)(C)C(C)(C)C)c1ccc(F)cc1)C(=O)O.COC(=O)C(C/C=C(/CO[Si](C)(C)C(C)(C)C)c1ccc(F)cc1)C(=O)OC.[H-]. The topological polar surface area (TPSA) is 135 Å². The van der Waals surface area contributed by atoms with E-state index in [0.717, 1.165) is 29.4 Å². The van der Waals surface area contributed by atoms with Gasteiger partial charge < -0.3 is 29.6 Å². The monoisotopic (exact) mass is 823 g/mol. The van der Waals surface area contributed by atoms with Gasteiger partial charge in [-0.1, -0.05) is 85.4 Å². The maximum absolute atomic E-state index is 13.3. The maximum Gasteiger partial charge on any atom is 0.320 e. The lowest BCUT2D eigenvalue weighted by molar-refractivity contribution is -0.159. The summed E-state index contributed by atoms with van der Waals surface area (Å²) in [7, 11) is -0.457. The quantitative estimate of drug-likeness (QED) is 0.0755. The molecule has 0 radical (unpaired) electrons. The molecule has 10 nitrogen and oxygen atoms in total. The van der Waals surface area contributed by atoms with Crippen molar-refractivity contribution in [3.05, 3.63) is 83.4 Å². The van der Waals surface area contributed by atoms with Crippen molar-refractivity contribution in [1.29, 1.82) is 0 Å². The third-order valence-electron chi connectivity index (χ3n) is 10.2. The predicted molar refractivity (Wildman–Crippen MR) is 223 cm³/mol. The van der Waals surface area contributed by atoms with Crippen LogP contribution in [0.5, 0.6) is 0 Å². The summed E-state index contributed by atoms with van der Waals surface area (Å²) in [4.78, 5) is 46.9. The zero-order valence-electron chi connectivity index (χ0n) is 35.6. The van der Waals surface area contributed by atoms with Gasteiger partial charge in [-0.05, 0) is 95.6 Å². The van der Waals surface area contributed by atoms with E-state index in [1.54, 1.807) is 36.4 Å². The summed E-state index contributed by atoms with van der Waals surface area (Å²) in [5.41, 5.74) is 3.00. The van der Waals surface area contributed by atoms with Crippen molar-refractivity contribution in [2.24, 2.45) is 11.8 Å². The second kappa shape index (κ2) is 22.7. The number of halogens is 2. The number of carbonyl (C=O) groups excluding carboxylic acids is 3. The molecule has 0 saturated heterocycles. The molecule has 0 fully saturated rings. The number of allylic oxidation sites excluding steroid dienone is 2. The average Bonchev–Trinajstić information content (AvgIpc) is 3.10. The van der Waals surface area contributed by atoms with E-state index in [1.807, 2.05) is 0 Å². The Balaban J connectivity index is 0. The molecule has 0 aliphatic heterocycles. The van der Waals surface area contributed by atoms with Crippen LogP contribution < -0.4 is 0 Å². The van der Waals surface area contributed by atoms with Gasteiger partial charge in [0, 0.05) is 0 Å². The second-order valence-electron chi connectivity index (χ2n) is 16.1. The van der Waals surface area contributed by atoms with Crippen LogP contribution in [0.4, 0.5) is 8.78 Å². The molecule has 0 amide bonds. The Kier molecular flexibility index (Phi) is 21.1. The third kappa shape index (κ3) is 16.2. The first-order valence-electron chi connectivity index (χ1n) is 18.0. The van der Waals surface area contributed by atoms with E-state index < -0.39 is 52.3 Å². The Hall–Kier alpha value is -3.99. The number of benzene rings is 2. The van der Waals surface area contributed by atoms with Gasteiger partial charge >= 0.3 is 23.9 Å². The van der Waals surface area contributed by atoms with Crippen LogP contribution in [0.1, 0.15) is 74.4 Å². The highest BCUT2D eigenvalue weighted by Gasteiger charge is 2.38. The molecule has 1 unspecified atom stereocenters. The molecule has 0 saturated carbocycles. The van der Waals surface area contributed by atoms with Gasteiger partial charge in [-0.25, -0.2) is 8.78 Å². The van der Waals surface area contributed by atoms with Crippen LogP contribution in [0.3, 0.4) is 0 Å². The molecule has 2 aromatic carbocycles. The lowest BCUT2D eigenvalue weighted by Crippen LogP contribution is -2.41. The van der Waals surface area contributed by atoms with Crippen LogP contribution in [0.25, 0.3) is 11.1 Å². The third-order valence-corrected chi connectivity index (χ3v) is 19.1. The van der Waals surface area contributed by atoms with E-state index in [4.69, 9.17) is 18.3 Å². The van der Waals surface area contributed by atoms with E-state index in [9.17, 15) is 33.1 Å². The average molecular weight is 824 g/mol. The van der Waals surface area contributed by atoms with E-state index >= 15 is 0 Å². The lowest BCUT2D eigenvalue weighted by atomic mass is 10.00.